The molecular formula is C14H19N3O2. The number of benzene rings is 1. The number of hydrogen-bond donors (Lipinski definition) is 1. The van der Waals surface area contributed by atoms with E-state index in [-0.39, 0.29) is 0 Å². The van der Waals surface area contributed by atoms with E-state index in [0.29, 0.717) is 19.8 Å². The van der Waals surface area contributed by atoms with Crippen molar-refractivity contribution in [3.8, 4) is 11.5 Å². The van der Waals surface area contributed by atoms with Crippen LogP contribution in [0.25, 0.3) is 0 Å². The van der Waals surface area contributed by atoms with Gasteiger partial charge in [-0.25, -0.2) is 0 Å². The number of aromatic nitrogens is 2. The van der Waals surface area contributed by atoms with Crippen LogP contribution in [0, 0.1) is 0 Å². The normalized spacial score (nSPS) is 10.4. The molecule has 2 rings (SSSR count). The maximum atomic E-state index is 5.64. The van der Waals surface area contributed by atoms with Gasteiger partial charge in [0.2, 0.25) is 0 Å². The van der Waals surface area contributed by atoms with E-state index in [9.17, 15) is 0 Å². The molecule has 1 aromatic carbocycles. The molecule has 0 spiro atoms. The van der Waals surface area contributed by atoms with Crippen molar-refractivity contribution < 1.29 is 9.47 Å². The molecule has 0 aliphatic rings. The summed E-state index contributed by atoms with van der Waals surface area (Å²) in [4.78, 5) is 0. The minimum atomic E-state index is 0.529. The van der Waals surface area contributed by atoms with Crippen LogP contribution in [0.1, 0.15) is 12.0 Å². The number of nitrogens with two attached hydrogens (primary N) is 1. The Morgan fingerprint density at radius 1 is 1.21 bits per heavy atom. The molecule has 1 aromatic heterocycles. The predicted molar refractivity (Wildman–Crippen MR) is 73.1 cm³/mol. The summed E-state index contributed by atoms with van der Waals surface area (Å²) in [7, 11) is 1.86. The molecule has 0 fully saturated rings. The van der Waals surface area contributed by atoms with Gasteiger partial charge in [0, 0.05) is 20.0 Å². The first-order valence-electron chi connectivity index (χ1n) is 6.31. The molecule has 0 atom stereocenters. The summed E-state index contributed by atoms with van der Waals surface area (Å²) in [6, 6.07) is 7.82. The molecule has 0 amide bonds. The second-order valence-corrected chi connectivity index (χ2v) is 4.25. The Balaban J connectivity index is 1.66. The summed E-state index contributed by atoms with van der Waals surface area (Å²) in [5, 5.41) is 4.03. The van der Waals surface area contributed by atoms with Gasteiger partial charge >= 0.3 is 0 Å². The summed E-state index contributed by atoms with van der Waals surface area (Å²) < 4.78 is 12.9. The predicted octanol–water partition coefficient (Wildman–Crippen LogP) is 1.73. The number of nitrogens with zero attached hydrogens (tertiary/aromatic N) is 2. The average molecular weight is 261 g/mol. The van der Waals surface area contributed by atoms with E-state index < -0.39 is 0 Å². The van der Waals surface area contributed by atoms with Crippen LogP contribution in [0.4, 0.5) is 0 Å². The quantitative estimate of drug-likeness (QED) is 0.771. The molecule has 0 aliphatic heterocycles. The largest absolute Gasteiger partial charge is 0.493 e. The summed E-state index contributed by atoms with van der Waals surface area (Å²) >= 11 is 0. The van der Waals surface area contributed by atoms with Crippen LogP contribution in [0.5, 0.6) is 11.5 Å². The topological polar surface area (TPSA) is 62.3 Å². The highest BCUT2D eigenvalue weighted by molar-refractivity contribution is 5.28. The van der Waals surface area contributed by atoms with Crippen molar-refractivity contribution in [1.82, 2.24) is 9.78 Å². The van der Waals surface area contributed by atoms with Crippen molar-refractivity contribution in [2.75, 3.05) is 13.2 Å². The Kier molecular flexibility index (Phi) is 4.80. The van der Waals surface area contributed by atoms with Crippen molar-refractivity contribution in [2.24, 2.45) is 12.8 Å². The first-order chi connectivity index (χ1) is 9.28. The standard InChI is InChI=1S/C14H19N3O2/c1-17-11-14(10-16-17)19-7-3-6-18-13-5-2-4-12(8-13)9-15/h2,4-5,8,10-11H,3,6-7,9,15H2,1H3. The van der Waals surface area contributed by atoms with Crippen LogP contribution in [0.15, 0.2) is 36.7 Å². The van der Waals surface area contributed by atoms with Crippen molar-refractivity contribution >= 4 is 0 Å². The number of hydrogen-bond acceptors (Lipinski definition) is 4. The lowest BCUT2D eigenvalue weighted by Gasteiger charge is -2.07. The number of ether oxygens (including phenoxy) is 2. The average Bonchev–Trinajstić information content (AvgIpc) is 2.84. The third kappa shape index (κ3) is 4.30. The molecule has 2 N–H and O–H groups in total. The number of rotatable bonds is 7. The molecule has 19 heavy (non-hydrogen) atoms. The molecule has 1 heterocycles. The molecule has 0 saturated carbocycles. The first-order valence-corrected chi connectivity index (χ1v) is 6.31. The van der Waals surface area contributed by atoms with Gasteiger partial charge in [-0.15, -0.1) is 0 Å². The summed E-state index contributed by atoms with van der Waals surface area (Å²) in [5.74, 6) is 1.64. The van der Waals surface area contributed by atoms with E-state index in [4.69, 9.17) is 15.2 Å². The fourth-order valence-electron chi connectivity index (χ4n) is 1.67. The van der Waals surface area contributed by atoms with Gasteiger partial charge in [-0.05, 0) is 17.7 Å². The van der Waals surface area contributed by atoms with E-state index in [2.05, 4.69) is 5.10 Å². The lowest BCUT2D eigenvalue weighted by Crippen LogP contribution is -2.05. The van der Waals surface area contributed by atoms with Gasteiger partial charge < -0.3 is 15.2 Å². The minimum absolute atomic E-state index is 0.529. The van der Waals surface area contributed by atoms with Crippen LogP contribution >= 0.6 is 0 Å². The molecule has 0 radical (unpaired) electrons. The zero-order chi connectivity index (χ0) is 13.5. The number of aryl methyl sites for hydroxylation is 1. The van der Waals surface area contributed by atoms with Crippen molar-refractivity contribution in [3.63, 3.8) is 0 Å². The SMILES string of the molecule is Cn1cc(OCCCOc2cccc(CN)c2)cn1. The molecule has 2 aromatic rings. The van der Waals surface area contributed by atoms with Crippen LogP contribution in [0.2, 0.25) is 0 Å². The van der Waals surface area contributed by atoms with Gasteiger partial charge in [-0.1, -0.05) is 12.1 Å². The molecule has 0 bridgehead atoms. The van der Waals surface area contributed by atoms with Crippen molar-refractivity contribution in [2.45, 2.75) is 13.0 Å². The minimum Gasteiger partial charge on any atom is -0.493 e. The maximum absolute atomic E-state index is 5.64. The Morgan fingerprint density at radius 2 is 2.00 bits per heavy atom. The molecule has 0 aliphatic carbocycles. The zero-order valence-corrected chi connectivity index (χ0v) is 11.1. The molecule has 0 saturated heterocycles. The van der Waals surface area contributed by atoms with E-state index >= 15 is 0 Å². The summed E-state index contributed by atoms with van der Waals surface area (Å²) in [6.07, 6.45) is 4.36. The van der Waals surface area contributed by atoms with Crippen LogP contribution < -0.4 is 15.2 Å². The van der Waals surface area contributed by atoms with E-state index in [1.807, 2.05) is 37.5 Å². The van der Waals surface area contributed by atoms with Crippen molar-refractivity contribution in [1.29, 1.82) is 0 Å². The third-order valence-corrected chi connectivity index (χ3v) is 2.64. The monoisotopic (exact) mass is 261 g/mol. The van der Waals surface area contributed by atoms with Gasteiger partial charge in [0.1, 0.15) is 5.75 Å². The van der Waals surface area contributed by atoms with E-state index in [1.165, 1.54) is 0 Å². The highest BCUT2D eigenvalue weighted by Crippen LogP contribution is 2.13. The van der Waals surface area contributed by atoms with Crippen LogP contribution in [-0.2, 0) is 13.6 Å². The van der Waals surface area contributed by atoms with Gasteiger partial charge in [-0.3, -0.25) is 4.68 Å². The smallest absolute Gasteiger partial charge is 0.157 e. The molecule has 5 nitrogen and oxygen atoms in total. The second-order valence-electron chi connectivity index (χ2n) is 4.25. The highest BCUT2D eigenvalue weighted by atomic mass is 16.5. The summed E-state index contributed by atoms with van der Waals surface area (Å²) in [6.45, 7) is 1.76. The van der Waals surface area contributed by atoms with Gasteiger partial charge in [0.15, 0.2) is 5.75 Å². The van der Waals surface area contributed by atoms with Gasteiger partial charge in [0.25, 0.3) is 0 Å². The molecule has 5 heteroatoms. The first kappa shape index (κ1) is 13.4. The van der Waals surface area contributed by atoms with Gasteiger partial charge in [0.05, 0.1) is 25.6 Å². The van der Waals surface area contributed by atoms with Crippen molar-refractivity contribution in [3.05, 3.63) is 42.2 Å². The third-order valence-electron chi connectivity index (χ3n) is 2.64. The lowest BCUT2D eigenvalue weighted by atomic mass is 10.2. The molecular weight excluding hydrogens is 242 g/mol. The summed E-state index contributed by atoms with van der Waals surface area (Å²) in [5.41, 5.74) is 6.65. The molecule has 102 valence electrons. The molecule has 0 unspecified atom stereocenters. The Morgan fingerprint density at radius 3 is 2.68 bits per heavy atom. The second kappa shape index (κ2) is 6.80. The Hall–Kier alpha value is -2.01. The van der Waals surface area contributed by atoms with Crippen LogP contribution in [-0.4, -0.2) is 23.0 Å². The van der Waals surface area contributed by atoms with Crippen LogP contribution in [0.3, 0.4) is 0 Å². The fourth-order valence-corrected chi connectivity index (χ4v) is 1.67. The van der Waals surface area contributed by atoms with Gasteiger partial charge in [-0.2, -0.15) is 5.10 Å². The fraction of sp³-hybridized carbons (Fsp3) is 0.357. The Labute approximate surface area is 112 Å². The maximum Gasteiger partial charge on any atom is 0.157 e. The highest BCUT2D eigenvalue weighted by Gasteiger charge is 1.98. The van der Waals surface area contributed by atoms with E-state index in [1.54, 1.807) is 10.9 Å². The van der Waals surface area contributed by atoms with E-state index in [0.717, 1.165) is 23.5 Å². The lowest BCUT2D eigenvalue weighted by molar-refractivity contribution is 0.247. The zero-order valence-electron chi connectivity index (χ0n) is 11.1. The Bertz CT molecular complexity index is 511.